The van der Waals surface area contributed by atoms with Crippen LogP contribution in [0.5, 0.6) is 0 Å². The van der Waals surface area contributed by atoms with E-state index in [0.29, 0.717) is 19.4 Å². The fourth-order valence-corrected chi connectivity index (χ4v) is 4.06. The summed E-state index contributed by atoms with van der Waals surface area (Å²) in [7, 11) is -4.11. The van der Waals surface area contributed by atoms with Crippen LogP contribution in [0.15, 0.2) is 60.9 Å². The van der Waals surface area contributed by atoms with Gasteiger partial charge >= 0.3 is 0 Å². The monoisotopic (exact) mass is 470 g/mol. The second-order valence-electron chi connectivity index (χ2n) is 8.34. The Bertz CT molecular complexity index is 957. The molecule has 0 atom stereocenters. The molecule has 1 aromatic carbocycles. The third-order valence-corrected chi connectivity index (χ3v) is 6.28. The summed E-state index contributed by atoms with van der Waals surface area (Å²) in [5.74, 6) is -0.292. The van der Waals surface area contributed by atoms with E-state index < -0.39 is 10.1 Å². The highest BCUT2D eigenvalue weighted by Crippen LogP contribution is 2.18. The zero-order valence-corrected chi connectivity index (χ0v) is 20.8. The maximum Gasteiger partial charge on any atom is 0.169 e. The third-order valence-electron chi connectivity index (χ3n) is 5.49. The van der Waals surface area contributed by atoms with Crippen molar-refractivity contribution < 1.29 is 17.5 Å². The minimum absolute atomic E-state index is 0.292. The molecule has 0 saturated heterocycles. The van der Waals surface area contributed by atoms with E-state index in [1.807, 2.05) is 41.2 Å². The Morgan fingerprint density at radius 3 is 1.88 bits per heavy atom. The lowest BCUT2D eigenvalue weighted by Gasteiger charge is -2.24. The van der Waals surface area contributed by atoms with Crippen LogP contribution in [0.3, 0.4) is 0 Å². The summed E-state index contributed by atoms with van der Waals surface area (Å²) < 4.78 is 33.9. The molecule has 0 aliphatic rings. The predicted molar refractivity (Wildman–Crippen MR) is 137 cm³/mol. The normalized spacial score (nSPS) is 12.1. The number of aromatic nitrogens is 1. The molecule has 0 aliphatic carbocycles. The van der Waals surface area contributed by atoms with Crippen LogP contribution in [-0.2, 0) is 16.7 Å². The number of rotatable bonds is 15. The van der Waals surface area contributed by atoms with Crippen molar-refractivity contribution in [3.05, 3.63) is 72.1 Å². The first-order chi connectivity index (χ1) is 15.9. The van der Waals surface area contributed by atoms with Crippen molar-refractivity contribution in [3.63, 3.8) is 0 Å². The molecule has 0 aliphatic heterocycles. The minimum atomic E-state index is -4.11. The van der Waals surface area contributed by atoms with Gasteiger partial charge in [0, 0.05) is 43.1 Å². The van der Waals surface area contributed by atoms with Crippen LogP contribution in [0.2, 0.25) is 0 Å². The molecule has 2 rings (SSSR count). The van der Waals surface area contributed by atoms with Gasteiger partial charge in [0.15, 0.2) is 12.4 Å². The van der Waals surface area contributed by atoms with Crippen molar-refractivity contribution in [2.45, 2.75) is 58.9 Å². The Hall–Kier alpha value is -2.44. The van der Waals surface area contributed by atoms with E-state index in [2.05, 4.69) is 55.2 Å². The molecule has 0 amide bonds. The lowest BCUT2D eigenvalue weighted by atomic mass is 10.1. The summed E-state index contributed by atoms with van der Waals surface area (Å²) in [5.41, 5.74) is 3.58. The van der Waals surface area contributed by atoms with Crippen LogP contribution in [0.1, 0.15) is 63.5 Å². The second-order valence-corrected chi connectivity index (χ2v) is 9.87. The lowest BCUT2D eigenvalue weighted by molar-refractivity contribution is -0.697. The van der Waals surface area contributed by atoms with Gasteiger partial charge in [-0.05, 0) is 42.5 Å². The van der Waals surface area contributed by atoms with Crippen molar-refractivity contribution in [2.75, 3.05) is 23.7 Å². The average molecular weight is 471 g/mol. The quantitative estimate of drug-likeness (QED) is 0.151. The molecular formula is C27H38N2O3S. The van der Waals surface area contributed by atoms with Crippen molar-refractivity contribution in [3.8, 4) is 0 Å². The number of pyridine rings is 1. The van der Waals surface area contributed by atoms with Crippen LogP contribution in [-0.4, -0.2) is 31.8 Å². The van der Waals surface area contributed by atoms with Crippen molar-refractivity contribution >= 4 is 28.0 Å². The highest BCUT2D eigenvalue weighted by atomic mass is 32.2. The summed E-state index contributed by atoms with van der Waals surface area (Å²) >= 11 is 0. The first-order valence-corrected chi connectivity index (χ1v) is 13.6. The number of nitrogens with zero attached hydrogens (tertiary/aromatic N) is 2. The molecule has 0 radical (unpaired) electrons. The smallest absolute Gasteiger partial charge is 0.169 e. The summed E-state index contributed by atoms with van der Waals surface area (Å²) in [5, 5.41) is 0. The molecule has 0 bridgehead atoms. The molecular weight excluding hydrogens is 432 g/mol. The molecule has 0 saturated carbocycles. The van der Waals surface area contributed by atoms with Crippen LogP contribution < -0.4 is 9.47 Å². The van der Waals surface area contributed by atoms with E-state index in [9.17, 15) is 13.0 Å². The molecule has 0 N–H and O–H groups in total. The van der Waals surface area contributed by atoms with E-state index in [1.165, 1.54) is 36.9 Å². The molecule has 0 unspecified atom stereocenters. The topological polar surface area (TPSA) is 64.3 Å². The molecule has 180 valence electrons. The first kappa shape index (κ1) is 26.8. The van der Waals surface area contributed by atoms with Gasteiger partial charge in [0.1, 0.15) is 6.54 Å². The number of benzene rings is 1. The largest absolute Gasteiger partial charge is 0.748 e. The molecule has 1 heterocycles. The van der Waals surface area contributed by atoms with E-state index in [-0.39, 0.29) is 5.75 Å². The average Bonchev–Trinajstić information content (AvgIpc) is 2.80. The van der Waals surface area contributed by atoms with Crippen LogP contribution in [0.25, 0.3) is 12.2 Å². The Kier molecular flexibility index (Phi) is 11.9. The molecule has 2 aromatic rings. The Labute approximate surface area is 200 Å². The molecule has 0 spiro atoms. The second kappa shape index (κ2) is 14.7. The molecule has 1 aromatic heterocycles. The maximum atomic E-state index is 10.6. The van der Waals surface area contributed by atoms with Gasteiger partial charge in [0.05, 0.1) is 10.1 Å². The van der Waals surface area contributed by atoms with Crippen molar-refractivity contribution in [1.82, 2.24) is 0 Å². The summed E-state index contributed by atoms with van der Waals surface area (Å²) in [6.07, 6.45) is 18.1. The highest BCUT2D eigenvalue weighted by molar-refractivity contribution is 7.85. The van der Waals surface area contributed by atoms with E-state index in [1.54, 1.807) is 0 Å². The lowest BCUT2D eigenvalue weighted by Crippen LogP contribution is -2.32. The van der Waals surface area contributed by atoms with Gasteiger partial charge in [-0.2, -0.15) is 0 Å². The zero-order valence-electron chi connectivity index (χ0n) is 20.0. The Balaban J connectivity index is 1.84. The van der Waals surface area contributed by atoms with E-state index in [0.717, 1.165) is 18.7 Å². The Morgan fingerprint density at radius 1 is 0.818 bits per heavy atom. The van der Waals surface area contributed by atoms with Gasteiger partial charge in [0.2, 0.25) is 0 Å². The van der Waals surface area contributed by atoms with Crippen LogP contribution in [0, 0.1) is 0 Å². The third kappa shape index (κ3) is 11.3. The summed E-state index contributed by atoms with van der Waals surface area (Å²) in [6.45, 7) is 7.41. The van der Waals surface area contributed by atoms with E-state index in [4.69, 9.17) is 0 Å². The fraction of sp³-hybridized carbons (Fsp3) is 0.444. The molecule has 0 fully saturated rings. The van der Waals surface area contributed by atoms with Gasteiger partial charge in [-0.25, -0.2) is 13.0 Å². The van der Waals surface area contributed by atoms with Crippen LogP contribution >= 0.6 is 0 Å². The SMILES string of the molecule is CCCCN(CCCC)c1ccc(/C=C/C=C/c2cc[n+](CCCCS(=O)(=O)[O-])cc2)cc1. The van der Waals surface area contributed by atoms with Crippen molar-refractivity contribution in [2.24, 2.45) is 0 Å². The number of allylic oxidation sites excluding steroid dienone is 2. The summed E-state index contributed by atoms with van der Waals surface area (Å²) in [6, 6.07) is 12.8. The molecule has 6 heteroatoms. The summed E-state index contributed by atoms with van der Waals surface area (Å²) in [4.78, 5) is 2.49. The minimum Gasteiger partial charge on any atom is -0.748 e. The van der Waals surface area contributed by atoms with Gasteiger partial charge < -0.3 is 9.45 Å². The number of unbranched alkanes of at least 4 members (excludes halogenated alkanes) is 3. The van der Waals surface area contributed by atoms with Gasteiger partial charge in [-0.3, -0.25) is 0 Å². The first-order valence-electron chi connectivity index (χ1n) is 12.0. The number of hydrogen-bond acceptors (Lipinski definition) is 4. The molecule has 33 heavy (non-hydrogen) atoms. The van der Waals surface area contributed by atoms with Gasteiger partial charge in [-0.15, -0.1) is 0 Å². The van der Waals surface area contributed by atoms with Gasteiger partial charge in [0.25, 0.3) is 0 Å². The number of anilines is 1. The highest BCUT2D eigenvalue weighted by Gasteiger charge is 2.05. The molecule has 5 nitrogen and oxygen atoms in total. The zero-order chi connectivity index (χ0) is 23.9. The number of hydrogen-bond donors (Lipinski definition) is 0. The van der Waals surface area contributed by atoms with Gasteiger partial charge in [-0.1, -0.05) is 63.1 Å². The van der Waals surface area contributed by atoms with E-state index >= 15 is 0 Å². The maximum absolute atomic E-state index is 10.6. The number of aryl methyl sites for hydroxylation is 1. The Morgan fingerprint density at radius 2 is 1.36 bits per heavy atom. The standard InChI is InChI=1S/C27H38N2O3S/c1-3-5-20-29(21-6-4-2)27-15-13-25(14-16-27)11-7-8-12-26-17-22-28(23-18-26)19-9-10-24-33(30,31)32/h7-8,11-18,22-23H,3-6,9-10,19-21,24H2,1-2H3. The van der Waals surface area contributed by atoms with Crippen LogP contribution in [0.4, 0.5) is 5.69 Å². The predicted octanol–water partition coefficient (Wildman–Crippen LogP) is 5.43. The fourth-order valence-electron chi connectivity index (χ4n) is 3.50. The van der Waals surface area contributed by atoms with Crippen molar-refractivity contribution in [1.29, 1.82) is 0 Å².